The van der Waals surface area contributed by atoms with Crippen LogP contribution in [0.25, 0.3) is 0 Å². The Morgan fingerprint density at radius 3 is 2.42 bits per heavy atom. The molecular formula is C23H27Cl3N2O2S. The molecule has 1 N–H and O–H groups in total. The van der Waals surface area contributed by atoms with E-state index in [1.54, 1.807) is 35.7 Å². The highest BCUT2D eigenvalue weighted by Gasteiger charge is 2.25. The van der Waals surface area contributed by atoms with Gasteiger partial charge >= 0.3 is 0 Å². The average molecular weight is 502 g/mol. The Morgan fingerprint density at radius 1 is 1.06 bits per heavy atom. The van der Waals surface area contributed by atoms with E-state index >= 15 is 0 Å². The summed E-state index contributed by atoms with van der Waals surface area (Å²) in [6, 6.07) is 12.3. The molecule has 2 aromatic rings. The summed E-state index contributed by atoms with van der Waals surface area (Å²) >= 11 is 19.7. The minimum Gasteiger partial charge on any atom is -0.354 e. The molecule has 0 fully saturated rings. The normalized spacial score (nSPS) is 11.8. The number of benzene rings is 2. The molecule has 31 heavy (non-hydrogen) atoms. The van der Waals surface area contributed by atoms with Crippen molar-refractivity contribution in [2.24, 2.45) is 0 Å². The second-order valence-electron chi connectivity index (χ2n) is 7.14. The third-order valence-corrected chi connectivity index (χ3v) is 6.76. The molecule has 0 unspecified atom stereocenters. The van der Waals surface area contributed by atoms with Gasteiger partial charge in [0, 0.05) is 29.4 Å². The summed E-state index contributed by atoms with van der Waals surface area (Å²) in [4.78, 5) is 28.3. The number of nitrogens with zero attached hydrogens (tertiary/aromatic N) is 1. The van der Waals surface area contributed by atoms with Crippen LogP contribution in [0.15, 0.2) is 47.4 Å². The minimum absolute atomic E-state index is 0.0677. The Kier molecular flexibility index (Phi) is 11.0. The van der Waals surface area contributed by atoms with Crippen molar-refractivity contribution in [2.45, 2.75) is 50.6 Å². The van der Waals surface area contributed by atoms with Crippen molar-refractivity contribution < 1.29 is 9.59 Å². The van der Waals surface area contributed by atoms with Crippen LogP contribution in [-0.2, 0) is 16.1 Å². The number of carbonyl (C=O) groups excluding carboxylic acids is 2. The Morgan fingerprint density at radius 2 is 1.77 bits per heavy atom. The van der Waals surface area contributed by atoms with Crippen LogP contribution < -0.4 is 5.32 Å². The first kappa shape index (κ1) is 25.9. The fourth-order valence-corrected chi connectivity index (χ4v) is 4.20. The fraction of sp³-hybridized carbons (Fsp3) is 0.391. The molecule has 8 heteroatoms. The molecule has 0 saturated heterocycles. The lowest BCUT2D eigenvalue weighted by molar-refractivity contribution is -0.140. The monoisotopic (exact) mass is 500 g/mol. The SMILES string of the molecule is CCCNC(=O)[C@H](C)N(Cc1ccc(Cl)c(Cl)c1)C(=O)CCCSc1ccc(Cl)cc1. The summed E-state index contributed by atoms with van der Waals surface area (Å²) in [7, 11) is 0. The summed E-state index contributed by atoms with van der Waals surface area (Å²) < 4.78 is 0. The van der Waals surface area contributed by atoms with Crippen LogP contribution in [0.4, 0.5) is 0 Å². The van der Waals surface area contributed by atoms with Crippen LogP contribution in [0, 0.1) is 0 Å². The van der Waals surface area contributed by atoms with Crippen molar-refractivity contribution in [3.8, 4) is 0 Å². The second kappa shape index (κ2) is 13.2. The number of thioether (sulfide) groups is 1. The highest BCUT2D eigenvalue weighted by atomic mass is 35.5. The van der Waals surface area contributed by atoms with Crippen LogP contribution in [0.5, 0.6) is 0 Å². The number of halogens is 3. The van der Waals surface area contributed by atoms with Gasteiger partial charge in [0.05, 0.1) is 10.0 Å². The summed E-state index contributed by atoms with van der Waals surface area (Å²) in [5.74, 6) is 0.567. The van der Waals surface area contributed by atoms with E-state index in [4.69, 9.17) is 34.8 Å². The van der Waals surface area contributed by atoms with E-state index in [1.165, 1.54) is 0 Å². The Bertz CT molecular complexity index is 878. The van der Waals surface area contributed by atoms with E-state index in [0.29, 0.717) is 41.0 Å². The Labute approximate surface area is 203 Å². The molecule has 0 aliphatic rings. The van der Waals surface area contributed by atoms with Gasteiger partial charge in [0.1, 0.15) is 6.04 Å². The van der Waals surface area contributed by atoms with Crippen molar-refractivity contribution in [3.63, 3.8) is 0 Å². The minimum atomic E-state index is -0.586. The second-order valence-corrected chi connectivity index (χ2v) is 9.56. The largest absolute Gasteiger partial charge is 0.354 e. The maximum absolute atomic E-state index is 13.0. The first-order chi connectivity index (χ1) is 14.8. The zero-order chi connectivity index (χ0) is 22.8. The fourth-order valence-electron chi connectivity index (χ4n) is 2.90. The van der Waals surface area contributed by atoms with Crippen LogP contribution in [0.1, 0.15) is 38.7 Å². The smallest absolute Gasteiger partial charge is 0.242 e. The molecule has 0 aliphatic heterocycles. The third kappa shape index (κ3) is 8.57. The molecule has 0 aromatic heterocycles. The van der Waals surface area contributed by atoms with Crippen LogP contribution in [0.2, 0.25) is 15.1 Å². The molecule has 0 radical (unpaired) electrons. The van der Waals surface area contributed by atoms with Gasteiger partial charge in [0.15, 0.2) is 0 Å². The number of amides is 2. The zero-order valence-corrected chi connectivity index (χ0v) is 20.8. The summed E-state index contributed by atoms with van der Waals surface area (Å²) in [5.41, 5.74) is 0.827. The number of carbonyl (C=O) groups is 2. The lowest BCUT2D eigenvalue weighted by atomic mass is 10.1. The van der Waals surface area contributed by atoms with Gasteiger partial charge in [-0.15, -0.1) is 11.8 Å². The number of nitrogens with one attached hydrogen (secondary N) is 1. The molecule has 0 saturated carbocycles. The van der Waals surface area contributed by atoms with E-state index < -0.39 is 6.04 Å². The van der Waals surface area contributed by atoms with Gasteiger partial charge in [-0.3, -0.25) is 9.59 Å². The van der Waals surface area contributed by atoms with Gasteiger partial charge < -0.3 is 10.2 Å². The standard InChI is InChI=1S/C23H27Cl3N2O2S/c1-3-12-27-23(30)16(2)28(15-17-6-11-20(25)21(26)14-17)22(29)5-4-13-31-19-9-7-18(24)8-10-19/h6-11,14,16H,3-5,12-13,15H2,1-2H3,(H,27,30)/t16-/m0/s1. The third-order valence-electron chi connectivity index (χ3n) is 4.67. The Hall–Kier alpha value is -1.40. The average Bonchev–Trinajstić information content (AvgIpc) is 2.76. The lowest BCUT2D eigenvalue weighted by Gasteiger charge is -2.29. The molecule has 0 bridgehead atoms. The van der Waals surface area contributed by atoms with Crippen molar-refractivity contribution in [1.82, 2.24) is 10.2 Å². The quantitative estimate of drug-likeness (QED) is 0.284. The maximum Gasteiger partial charge on any atom is 0.242 e. The first-order valence-electron chi connectivity index (χ1n) is 10.2. The van der Waals surface area contributed by atoms with Gasteiger partial charge in [-0.05, 0) is 67.5 Å². The first-order valence-corrected chi connectivity index (χ1v) is 12.3. The highest BCUT2D eigenvalue weighted by Crippen LogP contribution is 2.25. The van der Waals surface area contributed by atoms with Gasteiger partial charge in [0.2, 0.25) is 11.8 Å². The zero-order valence-electron chi connectivity index (χ0n) is 17.7. The van der Waals surface area contributed by atoms with E-state index in [1.807, 2.05) is 37.3 Å². The van der Waals surface area contributed by atoms with E-state index in [0.717, 1.165) is 22.6 Å². The van der Waals surface area contributed by atoms with Gasteiger partial charge in [0.25, 0.3) is 0 Å². The molecule has 4 nitrogen and oxygen atoms in total. The van der Waals surface area contributed by atoms with Gasteiger partial charge in [-0.2, -0.15) is 0 Å². The summed E-state index contributed by atoms with van der Waals surface area (Å²) in [5, 5.41) is 4.45. The molecular weight excluding hydrogens is 475 g/mol. The Balaban J connectivity index is 2.01. The van der Waals surface area contributed by atoms with Gasteiger partial charge in [-0.1, -0.05) is 47.8 Å². The van der Waals surface area contributed by atoms with Crippen molar-refractivity contribution >= 4 is 58.4 Å². The number of hydrogen-bond acceptors (Lipinski definition) is 3. The van der Waals surface area contributed by atoms with Crippen molar-refractivity contribution in [2.75, 3.05) is 12.3 Å². The van der Waals surface area contributed by atoms with Crippen LogP contribution in [-0.4, -0.2) is 35.1 Å². The molecule has 1 atom stereocenters. The van der Waals surface area contributed by atoms with Crippen LogP contribution in [0.3, 0.4) is 0 Å². The molecule has 0 aliphatic carbocycles. The predicted molar refractivity (Wildman–Crippen MR) is 131 cm³/mol. The summed E-state index contributed by atoms with van der Waals surface area (Å²) in [6.07, 6.45) is 1.89. The van der Waals surface area contributed by atoms with Crippen LogP contribution >= 0.6 is 46.6 Å². The number of rotatable bonds is 11. The molecule has 2 aromatic carbocycles. The molecule has 0 spiro atoms. The molecule has 2 rings (SSSR count). The topological polar surface area (TPSA) is 49.4 Å². The van der Waals surface area contributed by atoms with E-state index in [9.17, 15) is 9.59 Å². The number of hydrogen-bond donors (Lipinski definition) is 1. The van der Waals surface area contributed by atoms with Crippen molar-refractivity contribution in [1.29, 1.82) is 0 Å². The van der Waals surface area contributed by atoms with Crippen molar-refractivity contribution in [3.05, 3.63) is 63.1 Å². The maximum atomic E-state index is 13.0. The molecule has 168 valence electrons. The van der Waals surface area contributed by atoms with E-state index in [2.05, 4.69) is 5.32 Å². The predicted octanol–water partition coefficient (Wildman–Crippen LogP) is 6.46. The molecule has 0 heterocycles. The van der Waals surface area contributed by atoms with E-state index in [-0.39, 0.29) is 11.8 Å². The lowest BCUT2D eigenvalue weighted by Crippen LogP contribution is -2.47. The molecule has 2 amide bonds. The van der Waals surface area contributed by atoms with Gasteiger partial charge in [-0.25, -0.2) is 0 Å². The highest BCUT2D eigenvalue weighted by molar-refractivity contribution is 7.99. The summed E-state index contributed by atoms with van der Waals surface area (Å²) in [6.45, 7) is 4.61.